The van der Waals surface area contributed by atoms with E-state index in [0.29, 0.717) is 25.2 Å². The number of nitriles is 1. The molecule has 116 valence electrons. The fourth-order valence-corrected chi connectivity index (χ4v) is 2.77. The Morgan fingerprint density at radius 2 is 2.13 bits per heavy atom. The summed E-state index contributed by atoms with van der Waals surface area (Å²) in [6.07, 6.45) is 7.50. The van der Waals surface area contributed by atoms with Crippen molar-refractivity contribution >= 4 is 5.52 Å². The summed E-state index contributed by atoms with van der Waals surface area (Å²) in [6.45, 7) is 1.92. The molecule has 5 nitrogen and oxygen atoms in total. The van der Waals surface area contributed by atoms with Crippen LogP contribution in [0.5, 0.6) is 0 Å². The van der Waals surface area contributed by atoms with Gasteiger partial charge in [0.1, 0.15) is 6.07 Å². The Hall–Kier alpha value is -2.68. The van der Waals surface area contributed by atoms with E-state index in [-0.39, 0.29) is 6.61 Å². The van der Waals surface area contributed by atoms with Crippen LogP contribution in [0.3, 0.4) is 0 Å². The van der Waals surface area contributed by atoms with Crippen molar-refractivity contribution in [1.82, 2.24) is 14.3 Å². The number of aliphatic hydroxyl groups is 1. The van der Waals surface area contributed by atoms with Crippen LogP contribution in [0.15, 0.2) is 55.1 Å². The lowest BCUT2D eigenvalue weighted by atomic mass is 10.1. The van der Waals surface area contributed by atoms with E-state index in [1.807, 2.05) is 53.3 Å². The Labute approximate surface area is 135 Å². The first-order valence-electron chi connectivity index (χ1n) is 7.52. The van der Waals surface area contributed by atoms with Gasteiger partial charge in [-0.3, -0.25) is 9.88 Å². The Morgan fingerprint density at radius 3 is 2.87 bits per heavy atom. The van der Waals surface area contributed by atoms with Gasteiger partial charge in [0.25, 0.3) is 0 Å². The number of fused-ring (bicyclic) bond motifs is 1. The van der Waals surface area contributed by atoms with E-state index in [1.165, 1.54) is 0 Å². The van der Waals surface area contributed by atoms with Crippen molar-refractivity contribution < 1.29 is 5.11 Å². The molecule has 0 bridgehead atoms. The molecule has 0 aromatic carbocycles. The van der Waals surface area contributed by atoms with Crippen molar-refractivity contribution in [3.63, 3.8) is 0 Å². The first-order chi connectivity index (χ1) is 11.3. The second kappa shape index (κ2) is 7.05. The highest BCUT2D eigenvalue weighted by Crippen LogP contribution is 2.20. The Kier molecular flexibility index (Phi) is 4.67. The fourth-order valence-electron chi connectivity index (χ4n) is 2.77. The molecule has 0 saturated carbocycles. The lowest BCUT2D eigenvalue weighted by Crippen LogP contribution is -2.26. The SMILES string of the molecule is N#Cc1c(CN(CCO)Cc2cccnc2)cn2ccccc12. The molecule has 23 heavy (non-hydrogen) atoms. The van der Waals surface area contributed by atoms with Crippen LogP contribution in [-0.4, -0.2) is 32.5 Å². The third-order valence-electron chi connectivity index (χ3n) is 3.81. The van der Waals surface area contributed by atoms with Gasteiger partial charge in [0, 0.05) is 50.0 Å². The summed E-state index contributed by atoms with van der Waals surface area (Å²) in [5, 5.41) is 18.8. The van der Waals surface area contributed by atoms with Crippen LogP contribution < -0.4 is 0 Å². The number of hydrogen-bond acceptors (Lipinski definition) is 4. The molecule has 5 heteroatoms. The average molecular weight is 306 g/mol. The predicted molar refractivity (Wildman–Crippen MR) is 87.5 cm³/mol. The van der Waals surface area contributed by atoms with E-state index in [1.54, 1.807) is 6.20 Å². The highest BCUT2D eigenvalue weighted by molar-refractivity contribution is 5.65. The van der Waals surface area contributed by atoms with E-state index >= 15 is 0 Å². The number of aromatic nitrogens is 2. The van der Waals surface area contributed by atoms with Crippen molar-refractivity contribution in [3.8, 4) is 6.07 Å². The quantitative estimate of drug-likeness (QED) is 0.758. The number of rotatable bonds is 6. The zero-order valence-electron chi connectivity index (χ0n) is 12.8. The van der Waals surface area contributed by atoms with Gasteiger partial charge in [-0.25, -0.2) is 0 Å². The van der Waals surface area contributed by atoms with Crippen LogP contribution in [0, 0.1) is 11.3 Å². The highest BCUT2D eigenvalue weighted by Gasteiger charge is 2.14. The minimum atomic E-state index is 0.0789. The molecule has 0 aliphatic rings. The molecular weight excluding hydrogens is 288 g/mol. The normalized spacial score (nSPS) is 11.0. The van der Waals surface area contributed by atoms with Crippen molar-refractivity contribution in [3.05, 3.63) is 71.8 Å². The van der Waals surface area contributed by atoms with Gasteiger partial charge in [0.05, 0.1) is 17.7 Å². The minimum absolute atomic E-state index is 0.0789. The molecule has 0 fully saturated rings. The predicted octanol–water partition coefficient (Wildman–Crippen LogP) is 2.20. The molecule has 0 unspecified atom stereocenters. The zero-order valence-corrected chi connectivity index (χ0v) is 12.8. The molecule has 0 saturated heterocycles. The van der Waals surface area contributed by atoms with Gasteiger partial charge in [0.2, 0.25) is 0 Å². The molecule has 0 aliphatic heterocycles. The fraction of sp³-hybridized carbons (Fsp3) is 0.222. The standard InChI is InChI=1S/C18H18N4O/c19-10-17-16(14-22-7-2-1-5-18(17)22)13-21(8-9-23)12-15-4-3-6-20-11-15/h1-7,11,14,23H,8-9,12-13H2. The molecule has 3 aromatic heterocycles. The molecule has 0 radical (unpaired) electrons. The van der Waals surface area contributed by atoms with E-state index in [0.717, 1.165) is 16.6 Å². The Bertz CT molecular complexity index is 820. The molecular formula is C18H18N4O. The van der Waals surface area contributed by atoms with Gasteiger partial charge >= 0.3 is 0 Å². The van der Waals surface area contributed by atoms with Gasteiger partial charge in [-0.1, -0.05) is 12.1 Å². The Balaban J connectivity index is 1.87. The van der Waals surface area contributed by atoms with Crippen molar-refractivity contribution in [2.45, 2.75) is 13.1 Å². The van der Waals surface area contributed by atoms with E-state index < -0.39 is 0 Å². The molecule has 0 atom stereocenters. The maximum absolute atomic E-state index is 9.50. The summed E-state index contributed by atoms with van der Waals surface area (Å²) >= 11 is 0. The number of aliphatic hydroxyl groups excluding tert-OH is 1. The molecule has 0 amide bonds. The maximum Gasteiger partial charge on any atom is 0.102 e. The lowest BCUT2D eigenvalue weighted by molar-refractivity contribution is 0.184. The van der Waals surface area contributed by atoms with Crippen LogP contribution in [0.4, 0.5) is 0 Å². The minimum Gasteiger partial charge on any atom is -0.395 e. The summed E-state index contributed by atoms with van der Waals surface area (Å²) in [5.41, 5.74) is 3.66. The maximum atomic E-state index is 9.50. The van der Waals surface area contributed by atoms with E-state index in [9.17, 15) is 10.4 Å². The smallest absolute Gasteiger partial charge is 0.102 e. The van der Waals surface area contributed by atoms with Crippen molar-refractivity contribution in [1.29, 1.82) is 5.26 Å². The highest BCUT2D eigenvalue weighted by atomic mass is 16.3. The van der Waals surface area contributed by atoms with Gasteiger partial charge in [-0.05, 0) is 23.8 Å². The van der Waals surface area contributed by atoms with Gasteiger partial charge in [-0.15, -0.1) is 0 Å². The number of nitrogens with zero attached hydrogens (tertiary/aromatic N) is 4. The average Bonchev–Trinajstić information content (AvgIpc) is 2.93. The third kappa shape index (κ3) is 3.39. The van der Waals surface area contributed by atoms with Gasteiger partial charge in [0.15, 0.2) is 0 Å². The summed E-state index contributed by atoms with van der Waals surface area (Å²) in [4.78, 5) is 6.25. The van der Waals surface area contributed by atoms with Crippen LogP contribution in [-0.2, 0) is 13.1 Å². The van der Waals surface area contributed by atoms with Crippen molar-refractivity contribution in [2.75, 3.05) is 13.2 Å². The van der Waals surface area contributed by atoms with Crippen LogP contribution in [0.25, 0.3) is 5.52 Å². The van der Waals surface area contributed by atoms with E-state index in [4.69, 9.17) is 0 Å². The molecule has 3 heterocycles. The first-order valence-corrected chi connectivity index (χ1v) is 7.52. The van der Waals surface area contributed by atoms with Crippen molar-refractivity contribution in [2.24, 2.45) is 0 Å². The van der Waals surface area contributed by atoms with Gasteiger partial charge in [-0.2, -0.15) is 5.26 Å². The molecule has 1 N–H and O–H groups in total. The second-order valence-electron chi connectivity index (χ2n) is 5.43. The summed E-state index contributed by atoms with van der Waals surface area (Å²) in [7, 11) is 0. The second-order valence-corrected chi connectivity index (χ2v) is 5.43. The zero-order chi connectivity index (χ0) is 16.1. The van der Waals surface area contributed by atoms with Crippen LogP contribution in [0.1, 0.15) is 16.7 Å². The first kappa shape index (κ1) is 15.2. The van der Waals surface area contributed by atoms with E-state index in [2.05, 4.69) is 16.0 Å². The molecule has 0 spiro atoms. The summed E-state index contributed by atoms with van der Waals surface area (Å²) in [6, 6.07) is 12.0. The van der Waals surface area contributed by atoms with Crippen LogP contribution in [0.2, 0.25) is 0 Å². The largest absolute Gasteiger partial charge is 0.395 e. The number of pyridine rings is 2. The van der Waals surface area contributed by atoms with Gasteiger partial charge < -0.3 is 9.51 Å². The third-order valence-corrected chi connectivity index (χ3v) is 3.81. The summed E-state index contributed by atoms with van der Waals surface area (Å²) < 4.78 is 1.97. The molecule has 3 aromatic rings. The molecule has 0 aliphatic carbocycles. The Morgan fingerprint density at radius 1 is 1.22 bits per heavy atom. The summed E-state index contributed by atoms with van der Waals surface area (Å²) in [5.74, 6) is 0. The molecule has 3 rings (SSSR count). The number of hydrogen-bond donors (Lipinski definition) is 1. The topological polar surface area (TPSA) is 64.6 Å². The monoisotopic (exact) mass is 306 g/mol. The lowest BCUT2D eigenvalue weighted by Gasteiger charge is -2.20. The van der Waals surface area contributed by atoms with Crippen LogP contribution >= 0.6 is 0 Å².